The van der Waals surface area contributed by atoms with Crippen molar-refractivity contribution in [2.75, 3.05) is 16.8 Å². The van der Waals surface area contributed by atoms with Crippen LogP contribution in [0.25, 0.3) is 0 Å². The van der Waals surface area contributed by atoms with E-state index in [1.54, 1.807) is 48.5 Å². The third kappa shape index (κ3) is 3.87. The number of aryl methyl sites for hydroxylation is 1. The normalized spacial score (nSPS) is 12.6. The fraction of sp³-hybridized carbons (Fsp3) is 0.125. The van der Waals surface area contributed by atoms with Crippen molar-refractivity contribution in [3.05, 3.63) is 95.1 Å². The highest BCUT2D eigenvalue weighted by Gasteiger charge is 2.23. The van der Waals surface area contributed by atoms with Crippen molar-refractivity contribution < 1.29 is 9.59 Å². The molecule has 0 bridgehead atoms. The molecule has 0 unspecified atom stereocenters. The Balaban J connectivity index is 1.49. The topological polar surface area (TPSA) is 73.2 Å². The average molecular weight is 381 g/mol. The first-order valence-electron chi connectivity index (χ1n) is 9.47. The van der Waals surface area contributed by atoms with Crippen LogP contribution in [0.15, 0.2) is 72.8 Å². The van der Waals surface area contributed by atoms with Gasteiger partial charge in [-0.3, -0.25) is 9.59 Å². The molecule has 0 fully saturated rings. The first kappa shape index (κ1) is 18.5. The van der Waals surface area contributed by atoms with Gasteiger partial charge in [-0.15, -0.1) is 0 Å². The highest BCUT2D eigenvalue weighted by atomic mass is 16.2. The molecule has 29 heavy (non-hydrogen) atoms. The molecule has 0 aromatic heterocycles. The summed E-state index contributed by atoms with van der Waals surface area (Å²) in [6.45, 7) is 0.698. The van der Waals surface area contributed by atoms with Crippen LogP contribution in [-0.4, -0.2) is 18.4 Å². The number of hydrogen-bond acceptors (Lipinski definition) is 3. The minimum absolute atomic E-state index is 0.0447. The Bertz CT molecular complexity index is 1110. The fourth-order valence-electron chi connectivity index (χ4n) is 3.53. The minimum Gasteiger partial charge on any atom is -0.322 e. The third-order valence-electron chi connectivity index (χ3n) is 5.00. The zero-order valence-corrected chi connectivity index (χ0v) is 15.8. The quantitative estimate of drug-likeness (QED) is 0.731. The number of carbonyl (C=O) groups excluding carboxylic acids is 2. The van der Waals surface area contributed by atoms with E-state index in [4.69, 9.17) is 5.26 Å². The van der Waals surface area contributed by atoms with E-state index in [9.17, 15) is 9.59 Å². The van der Waals surface area contributed by atoms with Crippen molar-refractivity contribution in [3.8, 4) is 6.07 Å². The van der Waals surface area contributed by atoms with Crippen molar-refractivity contribution in [1.82, 2.24) is 0 Å². The van der Waals surface area contributed by atoms with Gasteiger partial charge in [-0.25, -0.2) is 0 Å². The Morgan fingerprint density at radius 2 is 1.72 bits per heavy atom. The number of benzene rings is 3. The number of amides is 2. The standard InChI is InChI=1S/C24H19N3O2/c25-16-17-5-3-7-20(15-17)23(28)26-21-12-10-19(11-13-21)24(29)27-14-4-8-18-6-1-2-9-22(18)27/h1-3,5-7,9-13,15H,4,8,14H2,(H,26,28). The molecular formula is C24H19N3O2. The largest absolute Gasteiger partial charge is 0.322 e. The summed E-state index contributed by atoms with van der Waals surface area (Å²) >= 11 is 0. The van der Waals surface area contributed by atoms with E-state index in [2.05, 4.69) is 11.4 Å². The van der Waals surface area contributed by atoms with Crippen LogP contribution >= 0.6 is 0 Å². The van der Waals surface area contributed by atoms with Gasteiger partial charge in [-0.05, 0) is 66.9 Å². The van der Waals surface area contributed by atoms with Gasteiger partial charge in [-0.2, -0.15) is 5.26 Å². The predicted octanol–water partition coefficient (Wildman–Crippen LogP) is 4.40. The summed E-state index contributed by atoms with van der Waals surface area (Å²) in [6, 6.07) is 23.4. The highest BCUT2D eigenvalue weighted by molar-refractivity contribution is 6.08. The number of rotatable bonds is 3. The lowest BCUT2D eigenvalue weighted by atomic mass is 10.0. The first-order chi connectivity index (χ1) is 14.2. The van der Waals surface area contributed by atoms with Gasteiger partial charge in [-0.1, -0.05) is 24.3 Å². The molecular weight excluding hydrogens is 362 g/mol. The van der Waals surface area contributed by atoms with Crippen LogP contribution in [0.3, 0.4) is 0 Å². The summed E-state index contributed by atoms with van der Waals surface area (Å²) in [5.74, 6) is -0.345. The van der Waals surface area contributed by atoms with Gasteiger partial charge in [0.25, 0.3) is 11.8 Å². The van der Waals surface area contributed by atoms with E-state index in [1.807, 2.05) is 29.2 Å². The van der Waals surface area contributed by atoms with Gasteiger partial charge in [0, 0.05) is 29.0 Å². The summed E-state index contributed by atoms with van der Waals surface area (Å²) in [5.41, 5.74) is 4.17. The molecule has 0 aliphatic carbocycles. The number of carbonyl (C=O) groups is 2. The van der Waals surface area contributed by atoms with Crippen LogP contribution < -0.4 is 10.2 Å². The fourth-order valence-corrected chi connectivity index (χ4v) is 3.53. The molecule has 1 heterocycles. The number of para-hydroxylation sites is 1. The molecule has 3 aromatic rings. The Kier molecular flexibility index (Phi) is 5.08. The Morgan fingerprint density at radius 3 is 2.52 bits per heavy atom. The summed E-state index contributed by atoms with van der Waals surface area (Å²) in [5, 5.41) is 11.8. The van der Waals surface area contributed by atoms with Crippen molar-refractivity contribution in [1.29, 1.82) is 5.26 Å². The molecule has 2 amide bonds. The lowest BCUT2D eigenvalue weighted by molar-refractivity contribution is 0.0984. The van der Waals surface area contributed by atoms with Crippen LogP contribution in [0.5, 0.6) is 0 Å². The second-order valence-corrected chi connectivity index (χ2v) is 6.91. The van der Waals surface area contributed by atoms with E-state index in [0.717, 1.165) is 18.5 Å². The predicted molar refractivity (Wildman–Crippen MR) is 112 cm³/mol. The SMILES string of the molecule is N#Cc1cccc(C(=O)Nc2ccc(C(=O)N3CCCc4ccccc43)cc2)c1. The molecule has 1 N–H and O–H groups in total. The van der Waals surface area contributed by atoms with Gasteiger partial charge in [0.1, 0.15) is 0 Å². The smallest absolute Gasteiger partial charge is 0.258 e. The molecule has 5 nitrogen and oxygen atoms in total. The maximum Gasteiger partial charge on any atom is 0.258 e. The summed E-state index contributed by atoms with van der Waals surface area (Å²) < 4.78 is 0. The van der Waals surface area contributed by atoms with Crippen LogP contribution in [0.1, 0.15) is 38.3 Å². The number of nitrogens with zero attached hydrogens (tertiary/aromatic N) is 2. The van der Waals surface area contributed by atoms with Crippen molar-refractivity contribution in [3.63, 3.8) is 0 Å². The van der Waals surface area contributed by atoms with Gasteiger partial charge < -0.3 is 10.2 Å². The number of nitriles is 1. The Hall–Kier alpha value is -3.91. The zero-order valence-electron chi connectivity index (χ0n) is 15.8. The van der Waals surface area contributed by atoms with E-state index < -0.39 is 0 Å². The van der Waals surface area contributed by atoms with Gasteiger partial charge in [0.2, 0.25) is 0 Å². The molecule has 0 saturated carbocycles. The average Bonchev–Trinajstić information content (AvgIpc) is 2.78. The van der Waals surface area contributed by atoms with Gasteiger partial charge in [0.15, 0.2) is 0 Å². The number of hydrogen-bond donors (Lipinski definition) is 1. The van der Waals surface area contributed by atoms with Crippen LogP contribution in [0.2, 0.25) is 0 Å². The van der Waals surface area contributed by atoms with Crippen molar-refractivity contribution in [2.45, 2.75) is 12.8 Å². The zero-order chi connectivity index (χ0) is 20.2. The number of fused-ring (bicyclic) bond motifs is 1. The molecule has 0 saturated heterocycles. The molecule has 3 aromatic carbocycles. The second kappa shape index (κ2) is 7.99. The Labute approximate surface area is 169 Å². The number of nitrogens with one attached hydrogen (secondary N) is 1. The maximum absolute atomic E-state index is 13.0. The third-order valence-corrected chi connectivity index (χ3v) is 5.00. The Morgan fingerprint density at radius 1 is 0.931 bits per heavy atom. The summed E-state index contributed by atoms with van der Waals surface area (Å²) in [6.07, 6.45) is 1.93. The molecule has 0 radical (unpaired) electrons. The molecule has 1 aliphatic rings. The van der Waals surface area contributed by atoms with Crippen LogP contribution in [0.4, 0.5) is 11.4 Å². The molecule has 5 heteroatoms. The molecule has 142 valence electrons. The lowest BCUT2D eigenvalue weighted by Gasteiger charge is -2.29. The highest BCUT2D eigenvalue weighted by Crippen LogP contribution is 2.28. The molecule has 0 atom stereocenters. The van der Waals surface area contributed by atoms with E-state index in [0.29, 0.717) is 28.9 Å². The van der Waals surface area contributed by atoms with Gasteiger partial charge in [0.05, 0.1) is 11.6 Å². The van der Waals surface area contributed by atoms with Crippen LogP contribution in [-0.2, 0) is 6.42 Å². The summed E-state index contributed by atoms with van der Waals surface area (Å²) in [7, 11) is 0. The van der Waals surface area contributed by atoms with Gasteiger partial charge >= 0.3 is 0 Å². The van der Waals surface area contributed by atoms with E-state index in [1.165, 1.54) is 5.56 Å². The van der Waals surface area contributed by atoms with E-state index >= 15 is 0 Å². The van der Waals surface area contributed by atoms with Crippen molar-refractivity contribution >= 4 is 23.2 Å². The molecule has 0 spiro atoms. The second-order valence-electron chi connectivity index (χ2n) is 6.91. The number of anilines is 2. The van der Waals surface area contributed by atoms with E-state index in [-0.39, 0.29) is 11.8 Å². The van der Waals surface area contributed by atoms with Crippen molar-refractivity contribution in [2.24, 2.45) is 0 Å². The monoisotopic (exact) mass is 381 g/mol. The lowest BCUT2D eigenvalue weighted by Crippen LogP contribution is -2.35. The van der Waals surface area contributed by atoms with Crippen LogP contribution in [0, 0.1) is 11.3 Å². The first-order valence-corrected chi connectivity index (χ1v) is 9.47. The molecule has 1 aliphatic heterocycles. The summed E-state index contributed by atoms with van der Waals surface area (Å²) in [4.78, 5) is 27.2. The molecule has 4 rings (SSSR count). The maximum atomic E-state index is 13.0. The minimum atomic E-state index is -0.300.